The second-order valence-electron chi connectivity index (χ2n) is 4.23. The first-order valence-corrected chi connectivity index (χ1v) is 9.21. The molecular weight excluding hydrogens is 320 g/mol. The van der Waals surface area contributed by atoms with Crippen LogP contribution in [-0.4, -0.2) is 49.1 Å². The number of anilines is 1. The molecule has 110 valence electrons. The van der Waals surface area contributed by atoms with Gasteiger partial charge in [0, 0.05) is 30.3 Å². The number of hydrogen-bond donors (Lipinski definition) is 1. The van der Waals surface area contributed by atoms with Crippen LogP contribution in [0.15, 0.2) is 29.2 Å². The molecule has 0 atom stereocenters. The Kier molecular flexibility index (Phi) is 5.31. The minimum atomic E-state index is -3.49. The molecule has 0 aromatic heterocycles. The highest BCUT2D eigenvalue weighted by Crippen LogP contribution is 2.22. The van der Waals surface area contributed by atoms with E-state index in [0.29, 0.717) is 18.8 Å². The first kappa shape index (κ1) is 15.6. The average molecular weight is 335 g/mol. The van der Waals surface area contributed by atoms with E-state index in [1.54, 1.807) is 23.9 Å². The Bertz CT molecular complexity index is 586. The molecule has 1 N–H and O–H groups in total. The molecule has 0 unspecified atom stereocenters. The van der Waals surface area contributed by atoms with Crippen LogP contribution in [0.3, 0.4) is 0 Å². The van der Waals surface area contributed by atoms with E-state index in [0.717, 1.165) is 11.5 Å². The fraction of sp³-hybridized carbons (Fsp3) is 0.417. The highest BCUT2D eigenvalue weighted by Gasteiger charge is 2.26. The second-order valence-corrected chi connectivity index (χ2v) is 7.66. The molecule has 1 aromatic carbocycles. The van der Waals surface area contributed by atoms with Crippen molar-refractivity contribution in [1.29, 1.82) is 0 Å². The summed E-state index contributed by atoms with van der Waals surface area (Å²) in [5.74, 6) is 1.08. The minimum Gasteiger partial charge on any atom is -0.325 e. The zero-order chi connectivity index (χ0) is 14.6. The summed E-state index contributed by atoms with van der Waals surface area (Å²) in [7, 11) is -3.49. The van der Waals surface area contributed by atoms with Gasteiger partial charge in [-0.3, -0.25) is 4.79 Å². The van der Waals surface area contributed by atoms with Crippen molar-refractivity contribution in [2.24, 2.45) is 0 Å². The summed E-state index contributed by atoms with van der Waals surface area (Å²) in [5, 5.41) is 2.55. The molecule has 1 aromatic rings. The van der Waals surface area contributed by atoms with Crippen LogP contribution in [0.1, 0.15) is 0 Å². The molecule has 2 rings (SSSR count). The van der Waals surface area contributed by atoms with E-state index in [1.165, 1.54) is 16.4 Å². The first-order chi connectivity index (χ1) is 9.54. The van der Waals surface area contributed by atoms with Gasteiger partial charge in [0.2, 0.25) is 15.9 Å². The van der Waals surface area contributed by atoms with Crippen LogP contribution in [0.5, 0.6) is 0 Å². The van der Waals surface area contributed by atoms with E-state index < -0.39 is 10.0 Å². The summed E-state index contributed by atoms with van der Waals surface area (Å²) in [6, 6.07) is 6.24. The molecule has 0 saturated carbocycles. The lowest BCUT2D eigenvalue weighted by Crippen LogP contribution is -2.37. The normalized spacial score (nSPS) is 16.9. The van der Waals surface area contributed by atoms with E-state index in [9.17, 15) is 13.2 Å². The van der Waals surface area contributed by atoms with Crippen LogP contribution in [0.25, 0.3) is 0 Å². The van der Waals surface area contributed by atoms with E-state index in [2.05, 4.69) is 5.32 Å². The van der Waals surface area contributed by atoms with Crippen LogP contribution in [0, 0.1) is 0 Å². The van der Waals surface area contributed by atoms with Crippen LogP contribution in [0.2, 0.25) is 0 Å². The van der Waals surface area contributed by atoms with Gasteiger partial charge >= 0.3 is 0 Å². The Balaban J connectivity index is 2.23. The van der Waals surface area contributed by atoms with Gasteiger partial charge in [0.1, 0.15) is 5.88 Å². The third kappa shape index (κ3) is 3.66. The molecule has 0 aliphatic carbocycles. The van der Waals surface area contributed by atoms with Gasteiger partial charge in [-0.2, -0.15) is 16.1 Å². The zero-order valence-corrected chi connectivity index (χ0v) is 13.1. The number of amides is 1. The third-order valence-corrected chi connectivity index (χ3v) is 5.93. The maximum Gasteiger partial charge on any atom is 0.243 e. The van der Waals surface area contributed by atoms with E-state index in [-0.39, 0.29) is 16.7 Å². The number of sulfonamides is 1. The molecule has 1 saturated heterocycles. The lowest BCUT2D eigenvalue weighted by Gasteiger charge is -2.25. The van der Waals surface area contributed by atoms with Crippen molar-refractivity contribution in [3.63, 3.8) is 0 Å². The molecule has 0 spiro atoms. The number of nitrogens with zero attached hydrogens (tertiary/aromatic N) is 1. The van der Waals surface area contributed by atoms with Gasteiger partial charge in [0.05, 0.1) is 4.90 Å². The Hall–Kier alpha value is -0.760. The molecule has 5 nitrogen and oxygen atoms in total. The number of alkyl halides is 1. The molecular formula is C12H15ClN2O3S2. The Morgan fingerprint density at radius 2 is 2.05 bits per heavy atom. The molecule has 1 amide bonds. The summed E-state index contributed by atoms with van der Waals surface area (Å²) in [5.41, 5.74) is 0.433. The lowest BCUT2D eigenvalue weighted by molar-refractivity contribution is -0.113. The predicted octanol–water partition coefficient (Wildman–Crippen LogP) is 1.60. The van der Waals surface area contributed by atoms with Crippen LogP contribution in [-0.2, 0) is 14.8 Å². The quantitative estimate of drug-likeness (QED) is 0.849. The molecule has 20 heavy (non-hydrogen) atoms. The number of nitrogens with one attached hydrogen (secondary N) is 1. The highest BCUT2D eigenvalue weighted by molar-refractivity contribution is 7.99. The van der Waals surface area contributed by atoms with Gasteiger partial charge in [-0.1, -0.05) is 6.07 Å². The van der Waals surface area contributed by atoms with Gasteiger partial charge in [-0.05, 0) is 18.2 Å². The maximum atomic E-state index is 12.5. The van der Waals surface area contributed by atoms with Crippen LogP contribution < -0.4 is 5.32 Å². The van der Waals surface area contributed by atoms with Gasteiger partial charge in [-0.25, -0.2) is 8.42 Å². The third-order valence-electron chi connectivity index (χ3n) is 2.85. The van der Waals surface area contributed by atoms with E-state index in [1.807, 2.05) is 0 Å². The molecule has 0 bridgehead atoms. The number of hydrogen-bond acceptors (Lipinski definition) is 4. The molecule has 0 radical (unpaired) electrons. The second kappa shape index (κ2) is 6.80. The topological polar surface area (TPSA) is 66.5 Å². The van der Waals surface area contributed by atoms with Crippen molar-refractivity contribution in [3.8, 4) is 0 Å². The number of halogens is 1. The van der Waals surface area contributed by atoms with Crippen molar-refractivity contribution in [2.75, 3.05) is 35.8 Å². The summed E-state index contributed by atoms with van der Waals surface area (Å²) in [6.07, 6.45) is 0. The zero-order valence-electron chi connectivity index (χ0n) is 10.7. The minimum absolute atomic E-state index is 0.166. The van der Waals surface area contributed by atoms with Crippen LogP contribution in [0.4, 0.5) is 5.69 Å². The Labute approximate surface area is 127 Å². The summed E-state index contributed by atoms with van der Waals surface area (Å²) < 4.78 is 26.4. The van der Waals surface area contributed by atoms with Crippen molar-refractivity contribution >= 4 is 45.0 Å². The smallest absolute Gasteiger partial charge is 0.243 e. The van der Waals surface area contributed by atoms with Gasteiger partial charge in [-0.15, -0.1) is 11.6 Å². The Morgan fingerprint density at radius 1 is 1.35 bits per heavy atom. The van der Waals surface area contributed by atoms with E-state index >= 15 is 0 Å². The van der Waals surface area contributed by atoms with Gasteiger partial charge < -0.3 is 5.32 Å². The maximum absolute atomic E-state index is 12.5. The fourth-order valence-electron chi connectivity index (χ4n) is 1.86. The van der Waals surface area contributed by atoms with Gasteiger partial charge in [0.25, 0.3) is 0 Å². The molecule has 1 aliphatic rings. The molecule has 1 heterocycles. The van der Waals surface area contributed by atoms with Crippen molar-refractivity contribution in [3.05, 3.63) is 24.3 Å². The number of carbonyl (C=O) groups is 1. The number of thioether (sulfide) groups is 1. The molecule has 1 fully saturated rings. The molecule has 1 aliphatic heterocycles. The first-order valence-electron chi connectivity index (χ1n) is 6.08. The summed E-state index contributed by atoms with van der Waals surface area (Å²) in [6.45, 7) is 1.04. The fourth-order valence-corrected chi connectivity index (χ4v) is 4.55. The largest absolute Gasteiger partial charge is 0.325 e. The van der Waals surface area contributed by atoms with Crippen molar-refractivity contribution in [1.82, 2.24) is 4.31 Å². The number of benzene rings is 1. The number of rotatable bonds is 4. The highest BCUT2D eigenvalue weighted by atomic mass is 35.5. The monoisotopic (exact) mass is 334 g/mol. The average Bonchev–Trinajstić information content (AvgIpc) is 2.48. The lowest BCUT2D eigenvalue weighted by atomic mass is 10.3. The van der Waals surface area contributed by atoms with Crippen molar-refractivity contribution < 1.29 is 13.2 Å². The van der Waals surface area contributed by atoms with Crippen molar-refractivity contribution in [2.45, 2.75) is 4.90 Å². The summed E-state index contributed by atoms with van der Waals surface area (Å²) in [4.78, 5) is 11.4. The molecule has 8 heteroatoms. The summed E-state index contributed by atoms with van der Waals surface area (Å²) >= 11 is 7.16. The van der Waals surface area contributed by atoms with Gasteiger partial charge in [0.15, 0.2) is 0 Å². The standard InChI is InChI=1S/C12H15ClN2O3S2/c13-9-12(16)14-10-2-1-3-11(8-10)20(17,18)15-4-6-19-7-5-15/h1-3,8H,4-7,9H2,(H,14,16). The Morgan fingerprint density at radius 3 is 2.70 bits per heavy atom. The van der Waals surface area contributed by atoms with Crippen LogP contribution >= 0.6 is 23.4 Å². The SMILES string of the molecule is O=C(CCl)Nc1cccc(S(=O)(=O)N2CCSCC2)c1. The van der Waals surface area contributed by atoms with E-state index in [4.69, 9.17) is 11.6 Å². The predicted molar refractivity (Wildman–Crippen MR) is 81.9 cm³/mol. The number of carbonyl (C=O) groups excluding carboxylic acids is 1.